The van der Waals surface area contributed by atoms with Gasteiger partial charge in [-0.05, 0) is 23.6 Å². The lowest BCUT2D eigenvalue weighted by atomic mass is 10.1. The van der Waals surface area contributed by atoms with Crippen molar-refractivity contribution in [3.63, 3.8) is 0 Å². The number of morpholine rings is 1. The molecular weight excluding hydrogens is 444 g/mol. The minimum atomic E-state index is -0.116. The molecule has 164 valence electrons. The number of halogens is 1. The van der Waals surface area contributed by atoms with Gasteiger partial charge in [0.2, 0.25) is 0 Å². The predicted octanol–water partition coefficient (Wildman–Crippen LogP) is 4.91. The Hall–Kier alpha value is -2.71. The summed E-state index contributed by atoms with van der Waals surface area (Å²) in [6, 6.07) is 13.3. The Morgan fingerprint density at radius 3 is 2.72 bits per heavy atom. The molecule has 4 aromatic rings. The molecule has 2 aromatic carbocycles. The number of anilines is 2. The quantitative estimate of drug-likeness (QED) is 0.422. The van der Waals surface area contributed by atoms with Crippen molar-refractivity contribution in [1.82, 2.24) is 15.2 Å². The van der Waals surface area contributed by atoms with E-state index in [0.29, 0.717) is 28.5 Å². The number of nitrogens with one attached hydrogen (secondary N) is 2. The molecule has 1 aliphatic heterocycles. The van der Waals surface area contributed by atoms with E-state index in [4.69, 9.17) is 21.3 Å². The van der Waals surface area contributed by atoms with Crippen molar-refractivity contribution < 1.29 is 9.53 Å². The van der Waals surface area contributed by atoms with Crippen LogP contribution < -0.4 is 10.6 Å². The molecule has 1 aliphatic rings. The van der Waals surface area contributed by atoms with E-state index in [0.717, 1.165) is 54.7 Å². The molecule has 6 nitrogen and oxygen atoms in total. The maximum Gasteiger partial charge on any atom is 0.253 e. The van der Waals surface area contributed by atoms with E-state index >= 15 is 0 Å². The lowest BCUT2D eigenvalue weighted by Gasteiger charge is -2.26. The second kappa shape index (κ2) is 9.42. The number of carbonyl (C=O) groups is 1. The number of hydrogen-bond acceptors (Lipinski definition) is 6. The number of fused-ring (bicyclic) bond motifs is 3. The smallest absolute Gasteiger partial charge is 0.253 e. The van der Waals surface area contributed by atoms with Crippen LogP contribution in [-0.4, -0.2) is 55.2 Å². The maximum atomic E-state index is 13.1. The first-order chi connectivity index (χ1) is 15.7. The monoisotopic (exact) mass is 466 g/mol. The van der Waals surface area contributed by atoms with E-state index in [1.807, 2.05) is 42.5 Å². The number of hydrogen-bond donors (Lipinski definition) is 2. The highest BCUT2D eigenvalue weighted by Crippen LogP contribution is 2.35. The van der Waals surface area contributed by atoms with Crippen molar-refractivity contribution in [2.24, 2.45) is 0 Å². The molecule has 8 heteroatoms. The summed E-state index contributed by atoms with van der Waals surface area (Å²) in [6.45, 7) is 4.69. The van der Waals surface area contributed by atoms with Crippen molar-refractivity contribution in [2.45, 2.75) is 0 Å². The molecular formula is C24H23ClN4O2S. The van der Waals surface area contributed by atoms with Crippen LogP contribution in [0.15, 0.2) is 53.2 Å². The van der Waals surface area contributed by atoms with E-state index in [-0.39, 0.29) is 5.91 Å². The molecule has 3 heterocycles. The number of para-hydroxylation sites is 2. The van der Waals surface area contributed by atoms with E-state index < -0.39 is 0 Å². The Labute approximate surface area is 195 Å². The Morgan fingerprint density at radius 1 is 1.06 bits per heavy atom. The van der Waals surface area contributed by atoms with Crippen LogP contribution >= 0.6 is 22.9 Å². The Kier molecular flexibility index (Phi) is 6.23. The topological polar surface area (TPSA) is 66.5 Å². The number of amides is 1. The Balaban J connectivity index is 1.46. The van der Waals surface area contributed by atoms with Crippen molar-refractivity contribution in [1.29, 1.82) is 0 Å². The van der Waals surface area contributed by atoms with Crippen LogP contribution in [0.2, 0.25) is 5.02 Å². The standard InChI is InChI=1S/C24H23ClN4O2S/c25-20-6-1-2-7-21(20)27-23-19-15-32-14-18(19)16-4-3-5-17(22(16)28-23)24(30)26-8-9-29-10-12-31-13-11-29/h1-7,14-15H,8-13H2,(H,26,30)(H,27,28). The van der Waals surface area contributed by atoms with Crippen molar-refractivity contribution in [3.8, 4) is 0 Å². The summed E-state index contributed by atoms with van der Waals surface area (Å²) >= 11 is 7.97. The molecule has 1 amide bonds. The van der Waals surface area contributed by atoms with Gasteiger partial charge < -0.3 is 15.4 Å². The zero-order valence-electron chi connectivity index (χ0n) is 17.4. The minimum absolute atomic E-state index is 0.116. The van der Waals surface area contributed by atoms with Crippen LogP contribution in [0.25, 0.3) is 21.7 Å². The third kappa shape index (κ3) is 4.29. The van der Waals surface area contributed by atoms with E-state index in [9.17, 15) is 4.79 Å². The fraction of sp³-hybridized carbons (Fsp3) is 0.250. The van der Waals surface area contributed by atoms with Crippen LogP contribution in [-0.2, 0) is 4.74 Å². The Morgan fingerprint density at radius 2 is 1.88 bits per heavy atom. The van der Waals surface area contributed by atoms with Crippen LogP contribution in [0, 0.1) is 0 Å². The second-order valence-electron chi connectivity index (χ2n) is 7.68. The molecule has 0 aliphatic carbocycles. The number of nitrogens with zero attached hydrogens (tertiary/aromatic N) is 2. The van der Waals surface area contributed by atoms with Gasteiger partial charge in [0.1, 0.15) is 5.82 Å². The van der Waals surface area contributed by atoms with Gasteiger partial charge in [0.05, 0.1) is 35.0 Å². The summed E-state index contributed by atoms with van der Waals surface area (Å²) in [4.78, 5) is 20.2. The zero-order chi connectivity index (χ0) is 21.9. The molecule has 2 N–H and O–H groups in total. The fourth-order valence-corrected chi connectivity index (χ4v) is 4.97. The highest BCUT2D eigenvalue weighted by molar-refractivity contribution is 7.09. The van der Waals surface area contributed by atoms with Gasteiger partial charge in [-0.3, -0.25) is 9.69 Å². The number of pyridine rings is 1. The molecule has 0 bridgehead atoms. The third-order valence-electron chi connectivity index (χ3n) is 5.66. The average molecular weight is 467 g/mol. The zero-order valence-corrected chi connectivity index (χ0v) is 19.0. The summed E-state index contributed by atoms with van der Waals surface area (Å²) in [5.41, 5.74) is 2.03. The van der Waals surface area contributed by atoms with Crippen molar-refractivity contribution in [2.75, 3.05) is 44.7 Å². The molecule has 1 fully saturated rings. The summed E-state index contributed by atoms with van der Waals surface area (Å²) in [6.07, 6.45) is 0. The minimum Gasteiger partial charge on any atom is -0.379 e. The van der Waals surface area contributed by atoms with Crippen LogP contribution in [0.5, 0.6) is 0 Å². The highest BCUT2D eigenvalue weighted by atomic mass is 35.5. The number of ether oxygens (including phenoxy) is 1. The number of aromatic nitrogens is 1. The summed E-state index contributed by atoms with van der Waals surface area (Å²) in [5, 5.41) is 14.2. The molecule has 2 aromatic heterocycles. The maximum absolute atomic E-state index is 13.1. The van der Waals surface area contributed by atoms with Gasteiger partial charge in [-0.1, -0.05) is 35.9 Å². The number of rotatable bonds is 6. The van der Waals surface area contributed by atoms with Crippen LogP contribution in [0.1, 0.15) is 10.4 Å². The van der Waals surface area contributed by atoms with Crippen molar-refractivity contribution >= 4 is 62.0 Å². The second-order valence-corrected chi connectivity index (χ2v) is 8.83. The summed E-state index contributed by atoms with van der Waals surface area (Å²) < 4.78 is 5.38. The molecule has 1 saturated heterocycles. The van der Waals surface area contributed by atoms with Crippen LogP contribution in [0.4, 0.5) is 11.5 Å². The first-order valence-corrected chi connectivity index (χ1v) is 11.9. The Bertz CT molecular complexity index is 1270. The molecule has 0 unspecified atom stereocenters. The van der Waals surface area contributed by atoms with Gasteiger partial charge in [0, 0.05) is 47.7 Å². The van der Waals surface area contributed by atoms with E-state index in [1.54, 1.807) is 11.3 Å². The van der Waals surface area contributed by atoms with Crippen LogP contribution in [0.3, 0.4) is 0 Å². The lowest BCUT2D eigenvalue weighted by Crippen LogP contribution is -2.41. The first kappa shape index (κ1) is 21.2. The molecule has 0 radical (unpaired) electrons. The number of benzene rings is 2. The van der Waals surface area contributed by atoms with E-state index in [1.165, 1.54) is 0 Å². The largest absolute Gasteiger partial charge is 0.379 e. The van der Waals surface area contributed by atoms with Gasteiger partial charge in [-0.2, -0.15) is 11.3 Å². The van der Waals surface area contributed by atoms with Gasteiger partial charge in [-0.15, -0.1) is 0 Å². The third-order valence-corrected chi connectivity index (χ3v) is 6.73. The van der Waals surface area contributed by atoms with Gasteiger partial charge in [0.15, 0.2) is 0 Å². The molecule has 0 spiro atoms. The van der Waals surface area contributed by atoms with Gasteiger partial charge in [0.25, 0.3) is 5.91 Å². The van der Waals surface area contributed by atoms with Gasteiger partial charge in [-0.25, -0.2) is 4.98 Å². The first-order valence-electron chi connectivity index (χ1n) is 10.6. The van der Waals surface area contributed by atoms with E-state index in [2.05, 4.69) is 26.3 Å². The lowest BCUT2D eigenvalue weighted by molar-refractivity contribution is 0.0383. The molecule has 32 heavy (non-hydrogen) atoms. The number of thiophene rings is 1. The molecule has 0 atom stereocenters. The summed E-state index contributed by atoms with van der Waals surface area (Å²) in [5.74, 6) is 0.574. The predicted molar refractivity (Wildman–Crippen MR) is 131 cm³/mol. The molecule has 0 saturated carbocycles. The number of carbonyl (C=O) groups excluding carboxylic acids is 1. The van der Waals surface area contributed by atoms with Crippen molar-refractivity contribution in [3.05, 3.63) is 63.8 Å². The average Bonchev–Trinajstić information content (AvgIpc) is 3.32. The fourth-order valence-electron chi connectivity index (χ4n) is 3.96. The summed E-state index contributed by atoms with van der Waals surface area (Å²) in [7, 11) is 0. The molecule has 5 rings (SSSR count). The SMILES string of the molecule is O=C(NCCN1CCOCC1)c1cccc2c1nc(Nc1ccccc1Cl)c1cscc12. The highest BCUT2D eigenvalue weighted by Gasteiger charge is 2.17. The van der Waals surface area contributed by atoms with Gasteiger partial charge >= 0.3 is 0 Å². The normalized spacial score (nSPS) is 14.7.